The summed E-state index contributed by atoms with van der Waals surface area (Å²) in [6, 6.07) is 6.64. The number of amides is 1. The Kier molecular flexibility index (Phi) is 6.15. The lowest BCUT2D eigenvalue weighted by molar-refractivity contribution is -0.139. The average Bonchev–Trinajstić information content (AvgIpc) is 2.71. The number of rotatable bonds is 5. The van der Waals surface area contributed by atoms with Crippen molar-refractivity contribution < 1.29 is 19.4 Å². The highest BCUT2D eigenvalue weighted by molar-refractivity contribution is 5.80. The Labute approximate surface area is 183 Å². The lowest BCUT2D eigenvalue weighted by Gasteiger charge is -2.22. The fraction of sp³-hybridized carbons (Fsp3) is 0.318. The lowest BCUT2D eigenvalue weighted by atomic mass is 10.1. The fourth-order valence-corrected chi connectivity index (χ4v) is 3.19. The molecule has 168 valence electrons. The van der Waals surface area contributed by atoms with Crippen molar-refractivity contribution in [3.8, 4) is 5.69 Å². The standard InChI is InChI=1S/C22H24N4O6/c1-22(2,3)32-20(30)24-16(19(28)29)11-13-5-7-14(8-6-13)26-18(27)15-9-10-23-12-17(15)25(4)21(26)31/h5-10,12,16H,11H2,1-4H3,(H,24,30)(H,28,29)/t16-/m0/s1. The maximum absolute atomic E-state index is 12.9. The van der Waals surface area contributed by atoms with Crippen LogP contribution >= 0.6 is 0 Å². The van der Waals surface area contributed by atoms with Crippen LogP contribution in [0.2, 0.25) is 0 Å². The fourth-order valence-electron chi connectivity index (χ4n) is 3.19. The highest BCUT2D eigenvalue weighted by Crippen LogP contribution is 2.12. The van der Waals surface area contributed by atoms with Crippen LogP contribution < -0.4 is 16.6 Å². The molecule has 1 atom stereocenters. The number of aliphatic carboxylic acids is 1. The third-order valence-electron chi connectivity index (χ3n) is 4.70. The SMILES string of the molecule is Cn1c(=O)n(-c2ccc(C[C@H](NC(=O)OC(C)(C)C)C(=O)O)cc2)c(=O)c2ccncc21. The number of hydrogen-bond donors (Lipinski definition) is 2. The molecule has 0 radical (unpaired) electrons. The predicted octanol–water partition coefficient (Wildman–Crippen LogP) is 1.60. The number of benzene rings is 1. The van der Waals surface area contributed by atoms with E-state index in [-0.39, 0.29) is 6.42 Å². The zero-order valence-corrected chi connectivity index (χ0v) is 18.2. The van der Waals surface area contributed by atoms with Crippen LogP contribution in [0.15, 0.2) is 52.3 Å². The topological polar surface area (TPSA) is 133 Å². The molecule has 2 aromatic heterocycles. The maximum atomic E-state index is 12.9. The van der Waals surface area contributed by atoms with Crippen molar-refractivity contribution in [1.82, 2.24) is 19.4 Å². The highest BCUT2D eigenvalue weighted by Gasteiger charge is 2.24. The number of aryl methyl sites for hydroxylation is 1. The van der Waals surface area contributed by atoms with Gasteiger partial charge in [-0.05, 0) is 44.5 Å². The van der Waals surface area contributed by atoms with Gasteiger partial charge < -0.3 is 15.2 Å². The molecule has 0 bridgehead atoms. The van der Waals surface area contributed by atoms with Gasteiger partial charge in [-0.2, -0.15) is 0 Å². The lowest BCUT2D eigenvalue weighted by Crippen LogP contribution is -2.44. The van der Waals surface area contributed by atoms with Gasteiger partial charge in [0.15, 0.2) is 0 Å². The number of ether oxygens (including phenoxy) is 1. The van der Waals surface area contributed by atoms with Crippen LogP contribution in [0.4, 0.5) is 4.79 Å². The van der Waals surface area contributed by atoms with E-state index in [2.05, 4.69) is 10.3 Å². The molecule has 10 nitrogen and oxygen atoms in total. The number of fused-ring (bicyclic) bond motifs is 1. The number of carbonyl (C=O) groups is 2. The number of carboxylic acid groups (broad SMARTS) is 1. The number of nitrogens with zero attached hydrogens (tertiary/aromatic N) is 3. The van der Waals surface area contributed by atoms with E-state index in [1.807, 2.05) is 0 Å². The van der Waals surface area contributed by atoms with Crippen molar-refractivity contribution in [1.29, 1.82) is 0 Å². The molecular weight excluding hydrogens is 416 g/mol. The monoisotopic (exact) mass is 440 g/mol. The van der Waals surface area contributed by atoms with Gasteiger partial charge in [0.2, 0.25) is 0 Å². The molecule has 0 fully saturated rings. The number of carbonyl (C=O) groups excluding carboxylic acids is 1. The van der Waals surface area contributed by atoms with E-state index in [0.717, 1.165) is 4.57 Å². The van der Waals surface area contributed by atoms with Crippen LogP contribution in [-0.4, -0.2) is 42.9 Å². The zero-order valence-electron chi connectivity index (χ0n) is 18.2. The van der Waals surface area contributed by atoms with Crippen LogP contribution in [0.5, 0.6) is 0 Å². The first kappa shape index (κ1) is 22.7. The third-order valence-corrected chi connectivity index (χ3v) is 4.70. The van der Waals surface area contributed by atoms with Gasteiger partial charge in [0.05, 0.1) is 22.8 Å². The highest BCUT2D eigenvalue weighted by atomic mass is 16.6. The molecule has 1 amide bonds. The summed E-state index contributed by atoms with van der Waals surface area (Å²) in [6.45, 7) is 5.03. The molecule has 0 aliphatic heterocycles. The molecule has 3 aromatic rings. The molecule has 3 rings (SSSR count). The quantitative estimate of drug-likeness (QED) is 0.616. The molecule has 0 aliphatic carbocycles. The Balaban J connectivity index is 1.88. The van der Waals surface area contributed by atoms with Gasteiger partial charge in [-0.15, -0.1) is 0 Å². The smallest absolute Gasteiger partial charge is 0.408 e. The Bertz CT molecular complexity index is 1280. The van der Waals surface area contributed by atoms with Crippen LogP contribution in [0.1, 0.15) is 26.3 Å². The number of nitrogens with one attached hydrogen (secondary N) is 1. The van der Waals surface area contributed by atoms with E-state index in [1.165, 1.54) is 17.0 Å². The molecule has 10 heteroatoms. The predicted molar refractivity (Wildman–Crippen MR) is 117 cm³/mol. The first-order valence-electron chi connectivity index (χ1n) is 9.85. The van der Waals surface area contributed by atoms with Crippen molar-refractivity contribution in [3.63, 3.8) is 0 Å². The molecule has 0 aliphatic rings. The van der Waals surface area contributed by atoms with Crippen molar-refractivity contribution >= 4 is 23.0 Å². The summed E-state index contributed by atoms with van der Waals surface area (Å²) in [5, 5.41) is 12.1. The first-order chi connectivity index (χ1) is 15.0. The Morgan fingerprint density at radius 1 is 1.16 bits per heavy atom. The maximum Gasteiger partial charge on any atom is 0.408 e. The summed E-state index contributed by atoms with van der Waals surface area (Å²) in [7, 11) is 1.55. The van der Waals surface area contributed by atoms with Gasteiger partial charge in [-0.25, -0.2) is 19.0 Å². The number of pyridine rings is 1. The summed E-state index contributed by atoms with van der Waals surface area (Å²) < 4.78 is 7.49. The Hall–Kier alpha value is -3.95. The van der Waals surface area contributed by atoms with Crippen molar-refractivity contribution in [2.24, 2.45) is 7.05 Å². The minimum Gasteiger partial charge on any atom is -0.480 e. The molecule has 0 saturated carbocycles. The van der Waals surface area contributed by atoms with E-state index in [9.17, 15) is 24.3 Å². The number of carboxylic acids is 1. The minimum absolute atomic E-state index is 0.00878. The summed E-state index contributed by atoms with van der Waals surface area (Å²) in [4.78, 5) is 53.1. The Morgan fingerprint density at radius 3 is 2.41 bits per heavy atom. The zero-order chi connectivity index (χ0) is 23.6. The van der Waals surface area contributed by atoms with Crippen LogP contribution in [0.3, 0.4) is 0 Å². The van der Waals surface area contributed by atoms with Gasteiger partial charge in [0.25, 0.3) is 5.56 Å². The van der Waals surface area contributed by atoms with Crippen LogP contribution in [0, 0.1) is 0 Å². The molecule has 0 saturated heterocycles. The summed E-state index contributed by atoms with van der Waals surface area (Å²) >= 11 is 0. The van der Waals surface area contributed by atoms with Crippen molar-refractivity contribution in [2.45, 2.75) is 38.8 Å². The number of aromatic nitrogens is 3. The molecule has 2 heterocycles. The van der Waals surface area contributed by atoms with Gasteiger partial charge >= 0.3 is 17.8 Å². The molecule has 0 unspecified atom stereocenters. The summed E-state index contributed by atoms with van der Waals surface area (Å²) in [5.74, 6) is -1.21. The first-order valence-corrected chi connectivity index (χ1v) is 9.85. The largest absolute Gasteiger partial charge is 0.480 e. The molecule has 1 aromatic carbocycles. The van der Waals surface area contributed by atoms with E-state index >= 15 is 0 Å². The second-order valence-corrected chi connectivity index (χ2v) is 8.28. The minimum atomic E-state index is -1.21. The normalized spacial score (nSPS) is 12.4. The summed E-state index contributed by atoms with van der Waals surface area (Å²) in [5.41, 5.74) is -0.416. The van der Waals surface area contributed by atoms with E-state index < -0.39 is 35.0 Å². The Morgan fingerprint density at radius 2 is 1.81 bits per heavy atom. The van der Waals surface area contributed by atoms with E-state index in [1.54, 1.807) is 58.2 Å². The average molecular weight is 440 g/mol. The van der Waals surface area contributed by atoms with Gasteiger partial charge in [0, 0.05) is 19.7 Å². The van der Waals surface area contributed by atoms with Gasteiger partial charge in [-0.3, -0.25) is 14.3 Å². The van der Waals surface area contributed by atoms with E-state index in [4.69, 9.17) is 4.74 Å². The van der Waals surface area contributed by atoms with Crippen LogP contribution in [-0.2, 0) is 23.0 Å². The van der Waals surface area contributed by atoms with Crippen LogP contribution in [0.25, 0.3) is 16.6 Å². The summed E-state index contributed by atoms with van der Waals surface area (Å²) in [6.07, 6.45) is 2.09. The van der Waals surface area contributed by atoms with Gasteiger partial charge in [-0.1, -0.05) is 12.1 Å². The van der Waals surface area contributed by atoms with Crippen molar-refractivity contribution in [2.75, 3.05) is 0 Å². The number of alkyl carbamates (subject to hydrolysis) is 1. The molecule has 0 spiro atoms. The van der Waals surface area contributed by atoms with Gasteiger partial charge in [0.1, 0.15) is 11.6 Å². The van der Waals surface area contributed by atoms with Crippen molar-refractivity contribution in [3.05, 3.63) is 69.1 Å². The molecule has 2 N–H and O–H groups in total. The molecular formula is C22H24N4O6. The van der Waals surface area contributed by atoms with E-state index in [0.29, 0.717) is 22.2 Å². The third kappa shape index (κ3) is 4.85. The molecule has 32 heavy (non-hydrogen) atoms. The number of hydrogen-bond acceptors (Lipinski definition) is 6. The second-order valence-electron chi connectivity index (χ2n) is 8.28. The second kappa shape index (κ2) is 8.66.